The van der Waals surface area contributed by atoms with Gasteiger partial charge in [-0.05, 0) is 26.7 Å². The van der Waals surface area contributed by atoms with E-state index in [0.717, 1.165) is 0 Å². The van der Waals surface area contributed by atoms with Gasteiger partial charge in [-0.3, -0.25) is 9.59 Å². The molecule has 0 aromatic carbocycles. The summed E-state index contributed by atoms with van der Waals surface area (Å²) in [4.78, 5) is 24.6. The van der Waals surface area contributed by atoms with Gasteiger partial charge in [0.1, 0.15) is 0 Å². The number of esters is 2. The first-order valence-corrected chi connectivity index (χ1v) is 6.96. The highest BCUT2D eigenvalue weighted by Crippen LogP contribution is 2.32. The third-order valence-corrected chi connectivity index (χ3v) is 2.81. The van der Waals surface area contributed by atoms with Gasteiger partial charge >= 0.3 is 11.9 Å². The maximum atomic E-state index is 12.3. The van der Waals surface area contributed by atoms with Crippen molar-refractivity contribution < 1.29 is 24.2 Å². The van der Waals surface area contributed by atoms with Gasteiger partial charge in [-0.1, -0.05) is 37.0 Å². The van der Waals surface area contributed by atoms with E-state index >= 15 is 0 Å². The van der Waals surface area contributed by atoms with Gasteiger partial charge in [0.2, 0.25) is 0 Å². The second-order valence-electron chi connectivity index (χ2n) is 4.25. The van der Waals surface area contributed by atoms with Crippen LogP contribution in [-0.2, 0) is 19.1 Å². The SMILES string of the molecule is C=C/C=C/CC(C/C=C/CO)(C(=O)OCC)C(=O)OCC. The van der Waals surface area contributed by atoms with Crippen LogP contribution in [0.15, 0.2) is 37.0 Å². The normalized spacial score (nSPS) is 11.8. The van der Waals surface area contributed by atoms with Crippen LogP contribution in [0.25, 0.3) is 0 Å². The van der Waals surface area contributed by atoms with Gasteiger partial charge in [0.05, 0.1) is 19.8 Å². The minimum Gasteiger partial charge on any atom is -0.465 e. The van der Waals surface area contributed by atoms with Gasteiger partial charge in [0, 0.05) is 0 Å². The van der Waals surface area contributed by atoms with Crippen molar-refractivity contribution >= 4 is 11.9 Å². The minimum atomic E-state index is -1.43. The molecule has 0 radical (unpaired) electrons. The van der Waals surface area contributed by atoms with E-state index in [1.165, 1.54) is 6.08 Å². The largest absolute Gasteiger partial charge is 0.465 e. The summed E-state index contributed by atoms with van der Waals surface area (Å²) in [6.07, 6.45) is 8.19. The third-order valence-electron chi connectivity index (χ3n) is 2.81. The number of ether oxygens (including phenoxy) is 2. The lowest BCUT2D eigenvalue weighted by Crippen LogP contribution is -2.41. The Morgan fingerprint density at radius 2 is 1.57 bits per heavy atom. The van der Waals surface area contributed by atoms with Crippen molar-refractivity contribution in [2.75, 3.05) is 19.8 Å². The van der Waals surface area contributed by atoms with E-state index in [4.69, 9.17) is 14.6 Å². The summed E-state index contributed by atoms with van der Waals surface area (Å²) in [5.41, 5.74) is -1.43. The van der Waals surface area contributed by atoms with Crippen molar-refractivity contribution in [3.63, 3.8) is 0 Å². The van der Waals surface area contributed by atoms with Gasteiger partial charge in [-0.25, -0.2) is 0 Å². The van der Waals surface area contributed by atoms with Crippen molar-refractivity contribution in [2.45, 2.75) is 26.7 Å². The molecule has 21 heavy (non-hydrogen) atoms. The molecule has 0 rings (SSSR count). The van der Waals surface area contributed by atoms with Crippen LogP contribution in [0.4, 0.5) is 0 Å². The number of carbonyl (C=O) groups excluding carboxylic acids is 2. The Kier molecular flexibility index (Phi) is 9.88. The third kappa shape index (κ3) is 5.95. The van der Waals surface area contributed by atoms with Crippen LogP contribution in [0.1, 0.15) is 26.7 Å². The smallest absolute Gasteiger partial charge is 0.324 e. The molecular weight excluding hydrogens is 272 g/mol. The zero-order valence-corrected chi connectivity index (χ0v) is 12.7. The molecule has 0 aromatic rings. The van der Waals surface area contributed by atoms with Crippen LogP contribution < -0.4 is 0 Å². The molecular formula is C16H24O5. The van der Waals surface area contributed by atoms with Crippen LogP contribution in [0.2, 0.25) is 0 Å². The van der Waals surface area contributed by atoms with Crippen molar-refractivity contribution in [2.24, 2.45) is 5.41 Å². The molecule has 0 amide bonds. The number of hydrogen-bond acceptors (Lipinski definition) is 5. The summed E-state index contributed by atoms with van der Waals surface area (Å²) in [6, 6.07) is 0. The summed E-state index contributed by atoms with van der Waals surface area (Å²) in [5.74, 6) is -1.25. The summed E-state index contributed by atoms with van der Waals surface area (Å²) in [5, 5.41) is 8.81. The van der Waals surface area contributed by atoms with E-state index in [1.807, 2.05) is 0 Å². The molecule has 0 heterocycles. The number of allylic oxidation sites excluding steroid dienone is 4. The number of aliphatic hydroxyl groups excluding tert-OH is 1. The molecule has 0 atom stereocenters. The molecule has 0 saturated carbocycles. The Bertz CT molecular complexity index is 377. The van der Waals surface area contributed by atoms with Gasteiger partial charge in [0.15, 0.2) is 5.41 Å². The molecule has 0 aromatic heterocycles. The molecule has 0 fully saturated rings. The maximum absolute atomic E-state index is 12.3. The van der Waals surface area contributed by atoms with Gasteiger partial charge in [-0.2, -0.15) is 0 Å². The number of rotatable bonds is 10. The summed E-state index contributed by atoms with van der Waals surface area (Å²) in [7, 11) is 0. The van der Waals surface area contributed by atoms with E-state index in [0.29, 0.717) is 0 Å². The standard InChI is InChI=1S/C16H24O5/c1-4-7-8-11-16(12-9-10-13-17,14(18)20-5-2)15(19)21-6-3/h4,7-10,17H,1,5-6,11-13H2,2-3H3/b8-7+,10-9+. The molecule has 0 aliphatic heterocycles. The molecule has 0 bridgehead atoms. The molecule has 5 nitrogen and oxygen atoms in total. The molecule has 0 spiro atoms. The lowest BCUT2D eigenvalue weighted by molar-refractivity contribution is -0.171. The van der Waals surface area contributed by atoms with Crippen molar-refractivity contribution in [3.8, 4) is 0 Å². The first kappa shape index (κ1) is 19.1. The fraction of sp³-hybridized carbons (Fsp3) is 0.500. The lowest BCUT2D eigenvalue weighted by Gasteiger charge is -2.27. The summed E-state index contributed by atoms with van der Waals surface area (Å²) < 4.78 is 10.1. The Hall–Kier alpha value is -1.88. The molecule has 0 saturated heterocycles. The fourth-order valence-corrected chi connectivity index (χ4v) is 1.76. The zero-order valence-electron chi connectivity index (χ0n) is 12.7. The number of hydrogen-bond donors (Lipinski definition) is 1. The van der Waals surface area contributed by atoms with Crippen molar-refractivity contribution in [3.05, 3.63) is 37.0 Å². The highest BCUT2D eigenvalue weighted by Gasteiger charge is 2.47. The average molecular weight is 296 g/mol. The molecule has 5 heteroatoms. The first-order chi connectivity index (χ1) is 10.1. The molecule has 0 aliphatic rings. The number of aliphatic hydroxyl groups is 1. The highest BCUT2D eigenvalue weighted by molar-refractivity contribution is 6.00. The Labute approximate surface area is 125 Å². The molecule has 1 N–H and O–H groups in total. The average Bonchev–Trinajstić information content (AvgIpc) is 2.46. The monoisotopic (exact) mass is 296 g/mol. The lowest BCUT2D eigenvalue weighted by atomic mass is 9.80. The summed E-state index contributed by atoms with van der Waals surface area (Å²) >= 11 is 0. The maximum Gasteiger partial charge on any atom is 0.324 e. The highest BCUT2D eigenvalue weighted by atomic mass is 16.6. The van der Waals surface area contributed by atoms with E-state index in [1.54, 1.807) is 38.2 Å². The topological polar surface area (TPSA) is 72.8 Å². The molecule has 118 valence electrons. The first-order valence-electron chi connectivity index (χ1n) is 6.96. The van der Waals surface area contributed by atoms with E-state index in [9.17, 15) is 9.59 Å². The Morgan fingerprint density at radius 3 is 2.00 bits per heavy atom. The van der Waals surface area contributed by atoms with Crippen LogP contribution in [0.5, 0.6) is 0 Å². The van der Waals surface area contributed by atoms with Crippen LogP contribution in [-0.4, -0.2) is 36.9 Å². The van der Waals surface area contributed by atoms with Crippen molar-refractivity contribution in [1.82, 2.24) is 0 Å². The zero-order chi connectivity index (χ0) is 16.1. The van der Waals surface area contributed by atoms with Gasteiger partial charge in [0.25, 0.3) is 0 Å². The number of carbonyl (C=O) groups is 2. The van der Waals surface area contributed by atoms with E-state index < -0.39 is 17.4 Å². The van der Waals surface area contributed by atoms with Crippen LogP contribution in [0.3, 0.4) is 0 Å². The van der Waals surface area contributed by atoms with Crippen LogP contribution >= 0.6 is 0 Å². The summed E-state index contributed by atoms with van der Waals surface area (Å²) in [6.45, 7) is 7.10. The van der Waals surface area contributed by atoms with Crippen LogP contribution in [0, 0.1) is 5.41 Å². The van der Waals surface area contributed by atoms with Gasteiger partial charge < -0.3 is 14.6 Å². The minimum absolute atomic E-state index is 0.104. The second-order valence-corrected chi connectivity index (χ2v) is 4.25. The second kappa shape index (κ2) is 10.9. The molecule has 0 aliphatic carbocycles. The fourth-order valence-electron chi connectivity index (χ4n) is 1.76. The Morgan fingerprint density at radius 1 is 1.05 bits per heavy atom. The predicted molar refractivity (Wildman–Crippen MR) is 80.5 cm³/mol. The van der Waals surface area contributed by atoms with E-state index in [2.05, 4.69) is 6.58 Å². The molecule has 0 unspecified atom stereocenters. The van der Waals surface area contributed by atoms with Crippen molar-refractivity contribution in [1.29, 1.82) is 0 Å². The predicted octanol–water partition coefficient (Wildman–Crippen LogP) is 2.17. The van der Waals surface area contributed by atoms with Gasteiger partial charge in [-0.15, -0.1) is 0 Å². The van der Waals surface area contributed by atoms with E-state index in [-0.39, 0.29) is 32.7 Å². The Balaban J connectivity index is 5.49. The quantitative estimate of drug-likeness (QED) is 0.289.